The van der Waals surface area contributed by atoms with Gasteiger partial charge in [-0.3, -0.25) is 4.79 Å². The van der Waals surface area contributed by atoms with Crippen LogP contribution in [0.15, 0.2) is 54.4 Å². The van der Waals surface area contributed by atoms with Gasteiger partial charge in [-0.25, -0.2) is 23.4 Å². The highest BCUT2D eigenvalue weighted by Crippen LogP contribution is 2.41. The number of benzene rings is 2. The number of nitriles is 1. The van der Waals surface area contributed by atoms with E-state index < -0.39 is 17.5 Å². The lowest BCUT2D eigenvalue weighted by Crippen LogP contribution is -2.39. The van der Waals surface area contributed by atoms with Crippen LogP contribution in [0.1, 0.15) is 38.5 Å². The van der Waals surface area contributed by atoms with E-state index in [9.17, 15) is 18.8 Å². The quantitative estimate of drug-likeness (QED) is 0.178. The van der Waals surface area contributed by atoms with E-state index in [-0.39, 0.29) is 58.1 Å². The summed E-state index contributed by atoms with van der Waals surface area (Å²) in [5.74, 6) is -3.65. The molecular formula is C34H35F3N8O2. The van der Waals surface area contributed by atoms with Gasteiger partial charge in [0.2, 0.25) is 5.82 Å². The number of carbonyl (C=O) groups excluding carboxylic acids is 1. The number of hydrogen-bond acceptors (Lipinski definition) is 8. The van der Waals surface area contributed by atoms with Gasteiger partial charge in [0, 0.05) is 30.1 Å². The van der Waals surface area contributed by atoms with Crippen molar-refractivity contribution < 1.29 is 22.7 Å². The molecule has 1 aliphatic carbocycles. The van der Waals surface area contributed by atoms with Gasteiger partial charge in [0.25, 0.3) is 5.91 Å². The second-order valence-electron chi connectivity index (χ2n) is 12.6. The molecule has 3 heterocycles. The van der Waals surface area contributed by atoms with Crippen molar-refractivity contribution in [2.24, 2.45) is 5.41 Å². The fourth-order valence-corrected chi connectivity index (χ4v) is 6.94. The lowest BCUT2D eigenvalue weighted by Gasteiger charge is -2.30. The summed E-state index contributed by atoms with van der Waals surface area (Å²) < 4.78 is 50.4. The molecule has 0 radical (unpaired) electrons. The first kappa shape index (κ1) is 32.0. The Hall–Kier alpha value is -4.96. The highest BCUT2D eigenvalue weighted by molar-refractivity contribution is 5.99. The van der Waals surface area contributed by atoms with Gasteiger partial charge in [-0.15, -0.1) is 0 Å². The molecule has 2 fully saturated rings. The molecule has 0 bridgehead atoms. The predicted octanol–water partition coefficient (Wildman–Crippen LogP) is 5.85. The van der Waals surface area contributed by atoms with Gasteiger partial charge in [-0.1, -0.05) is 25.0 Å². The van der Waals surface area contributed by atoms with Crippen LogP contribution in [0.2, 0.25) is 0 Å². The average molecular weight is 645 g/mol. The number of likely N-dealkylation sites (tertiary alicyclic amines) is 1. The summed E-state index contributed by atoms with van der Waals surface area (Å²) in [6, 6.07) is 9.23. The summed E-state index contributed by atoms with van der Waals surface area (Å²) in [5, 5.41) is 15.1. The molecule has 0 unspecified atom stereocenters. The molecule has 2 N–H and O–H groups in total. The van der Waals surface area contributed by atoms with Crippen molar-refractivity contribution in [3.63, 3.8) is 0 Å². The van der Waals surface area contributed by atoms with Crippen molar-refractivity contribution in [1.29, 1.82) is 5.26 Å². The Morgan fingerprint density at radius 1 is 1.15 bits per heavy atom. The first-order valence-electron chi connectivity index (χ1n) is 15.6. The van der Waals surface area contributed by atoms with Crippen LogP contribution in [0.5, 0.6) is 11.5 Å². The topological polar surface area (TPSA) is 126 Å². The van der Waals surface area contributed by atoms with E-state index in [0.717, 1.165) is 50.8 Å². The first-order valence-corrected chi connectivity index (χ1v) is 15.6. The third-order valence-electron chi connectivity index (χ3n) is 8.95. The minimum Gasteiger partial charge on any atom is -0.454 e. The predicted molar refractivity (Wildman–Crippen MR) is 169 cm³/mol. The molecule has 47 heavy (non-hydrogen) atoms. The van der Waals surface area contributed by atoms with Crippen LogP contribution in [0, 0.1) is 34.2 Å². The number of amides is 1. The van der Waals surface area contributed by atoms with E-state index >= 15 is 4.39 Å². The molecule has 2 aromatic carbocycles. The molecule has 2 aromatic heterocycles. The summed E-state index contributed by atoms with van der Waals surface area (Å²) in [6.45, 7) is 1.50. The minimum atomic E-state index is -1.19. The van der Waals surface area contributed by atoms with Crippen molar-refractivity contribution in [2.45, 2.75) is 51.1 Å². The van der Waals surface area contributed by atoms with E-state index in [1.807, 2.05) is 20.2 Å². The highest BCUT2D eigenvalue weighted by atomic mass is 19.2. The molecule has 244 valence electrons. The second kappa shape index (κ2) is 13.0. The van der Waals surface area contributed by atoms with Gasteiger partial charge in [-0.2, -0.15) is 14.8 Å². The zero-order chi connectivity index (χ0) is 33.3. The number of fused-ring (bicyclic) bond motifs is 1. The molecule has 13 heteroatoms. The smallest absolute Gasteiger partial charge is 0.264 e. The Morgan fingerprint density at radius 3 is 2.66 bits per heavy atom. The number of nitrogens with zero attached hydrogens (tertiary/aromatic N) is 7. The molecule has 1 aliphatic heterocycles. The van der Waals surface area contributed by atoms with Crippen molar-refractivity contribution in [2.75, 3.05) is 32.9 Å². The number of ether oxygens (including phenoxy) is 1. The van der Waals surface area contributed by atoms with Crippen LogP contribution in [-0.2, 0) is 11.3 Å². The molecule has 1 saturated carbocycles. The second-order valence-corrected chi connectivity index (χ2v) is 12.6. The van der Waals surface area contributed by atoms with Crippen LogP contribution in [0.4, 0.5) is 19.0 Å². The Balaban J connectivity index is 1.29. The van der Waals surface area contributed by atoms with Gasteiger partial charge in [-0.05, 0) is 64.0 Å². The number of nitrogen functional groups attached to an aromatic ring is 1. The average Bonchev–Trinajstić information content (AvgIpc) is 3.78. The summed E-state index contributed by atoms with van der Waals surface area (Å²) in [4.78, 5) is 26.1. The van der Waals surface area contributed by atoms with E-state index in [4.69, 9.17) is 15.6 Å². The highest BCUT2D eigenvalue weighted by Gasteiger charge is 2.37. The molecule has 6 rings (SSSR count). The van der Waals surface area contributed by atoms with Crippen LogP contribution < -0.4 is 10.5 Å². The summed E-state index contributed by atoms with van der Waals surface area (Å²) in [7, 11) is 4.00. The van der Waals surface area contributed by atoms with Gasteiger partial charge >= 0.3 is 0 Å². The number of nitrogens with two attached hydrogens (primary N) is 1. The molecule has 1 atom stereocenters. The molecule has 10 nitrogen and oxygen atoms in total. The van der Waals surface area contributed by atoms with Crippen LogP contribution in [0.3, 0.4) is 0 Å². The number of halogens is 3. The van der Waals surface area contributed by atoms with Gasteiger partial charge < -0.3 is 20.3 Å². The minimum absolute atomic E-state index is 0.0462. The first-order chi connectivity index (χ1) is 22.6. The Labute approximate surface area is 270 Å². The molecule has 1 amide bonds. The number of carbonyl (C=O) groups is 1. The Bertz CT molecular complexity index is 1890. The molecule has 0 spiro atoms. The molecule has 2 aliphatic rings. The molecule has 1 saturated heterocycles. The van der Waals surface area contributed by atoms with Crippen molar-refractivity contribution in [3.05, 3.63) is 71.8 Å². The molecular weight excluding hydrogens is 609 g/mol. The van der Waals surface area contributed by atoms with E-state index in [0.29, 0.717) is 24.0 Å². The van der Waals surface area contributed by atoms with E-state index in [2.05, 4.69) is 20.9 Å². The maximum absolute atomic E-state index is 15.6. The Kier molecular flexibility index (Phi) is 8.88. The fourth-order valence-electron chi connectivity index (χ4n) is 6.94. The molecule has 4 aromatic rings. The lowest BCUT2D eigenvalue weighted by atomic mass is 9.83. The van der Waals surface area contributed by atoms with Crippen LogP contribution >= 0.6 is 0 Å². The van der Waals surface area contributed by atoms with Gasteiger partial charge in [0.05, 0.1) is 18.0 Å². The number of aromatic nitrogens is 4. The zero-order valence-electron chi connectivity index (χ0n) is 26.2. The maximum atomic E-state index is 15.6. The van der Waals surface area contributed by atoms with E-state index in [1.54, 1.807) is 9.58 Å². The third kappa shape index (κ3) is 6.38. The Morgan fingerprint density at radius 2 is 1.94 bits per heavy atom. The van der Waals surface area contributed by atoms with Crippen molar-refractivity contribution >= 4 is 22.8 Å². The zero-order valence-corrected chi connectivity index (χ0v) is 26.2. The van der Waals surface area contributed by atoms with Crippen LogP contribution in [0.25, 0.3) is 22.3 Å². The maximum Gasteiger partial charge on any atom is 0.264 e. The number of anilines is 1. The van der Waals surface area contributed by atoms with Crippen LogP contribution in [-0.4, -0.2) is 68.7 Å². The van der Waals surface area contributed by atoms with E-state index in [1.165, 1.54) is 30.6 Å². The monoisotopic (exact) mass is 644 g/mol. The number of hydrogen-bond donors (Lipinski definition) is 1. The summed E-state index contributed by atoms with van der Waals surface area (Å²) in [5.41, 5.74) is 6.80. The normalized spacial score (nSPS) is 17.9. The SMILES string of the molecule is CN(C)CC1(C=C(C#N)C(=O)N2CCC[C@H]2Cn2nc(-c3ccc(Oc4cccc(F)c4F)cc3F)c3c(N)ncnc32)CCCC1. The standard InChI is InChI=1S/C34H35F3N8O2/c1-43(2)19-34(12-3-4-13-34)16-21(17-38)33(46)44-14-6-7-22(44)18-45-32-28(31(39)40-20-41-32)30(42-45)24-11-10-23(15-26(24)36)47-27-9-5-8-25(35)29(27)37/h5,8-11,15-16,20,22H,3-4,6-7,12-14,18-19H2,1-2H3,(H2,39,40,41)/t22-/m0/s1. The lowest BCUT2D eigenvalue weighted by molar-refractivity contribution is -0.127. The van der Waals surface area contributed by atoms with Gasteiger partial charge in [0.1, 0.15) is 41.0 Å². The van der Waals surface area contributed by atoms with Crippen molar-refractivity contribution in [1.82, 2.24) is 29.5 Å². The third-order valence-corrected chi connectivity index (χ3v) is 8.95. The summed E-state index contributed by atoms with van der Waals surface area (Å²) >= 11 is 0. The summed E-state index contributed by atoms with van der Waals surface area (Å²) in [6.07, 6.45) is 8.61. The largest absolute Gasteiger partial charge is 0.454 e. The number of rotatable bonds is 9. The fraction of sp³-hybridized carbons (Fsp3) is 0.382. The van der Waals surface area contributed by atoms with Crippen molar-refractivity contribution in [3.8, 4) is 28.8 Å². The van der Waals surface area contributed by atoms with Gasteiger partial charge in [0.15, 0.2) is 17.2 Å².